The van der Waals surface area contributed by atoms with Crippen LogP contribution < -0.4 is 10.1 Å². The fourth-order valence-electron chi connectivity index (χ4n) is 2.30. The van der Waals surface area contributed by atoms with Crippen LogP contribution in [0.4, 0.5) is 0 Å². The van der Waals surface area contributed by atoms with Gasteiger partial charge in [0.1, 0.15) is 5.75 Å². The summed E-state index contributed by atoms with van der Waals surface area (Å²) in [5, 5.41) is 3.34. The second kappa shape index (κ2) is 6.53. The summed E-state index contributed by atoms with van der Waals surface area (Å²) in [6.07, 6.45) is 2.01. The van der Waals surface area contributed by atoms with E-state index in [1.54, 1.807) is 0 Å². The molecule has 0 spiro atoms. The van der Waals surface area contributed by atoms with Crippen LogP contribution in [0.5, 0.6) is 5.75 Å². The molecule has 3 heteroatoms. The van der Waals surface area contributed by atoms with Crippen molar-refractivity contribution in [2.24, 2.45) is 0 Å². The van der Waals surface area contributed by atoms with E-state index in [-0.39, 0.29) is 12.1 Å². The minimum absolute atomic E-state index is 0.0758. The fraction of sp³-hybridized carbons (Fsp3) is 0.353. The highest BCUT2D eigenvalue weighted by Crippen LogP contribution is 2.26. The highest BCUT2D eigenvalue weighted by Gasteiger charge is 2.16. The molecule has 0 aliphatic carbocycles. The molecule has 0 radical (unpaired) electrons. The molecule has 1 unspecified atom stereocenters. The molecule has 2 aromatic rings. The molecule has 1 aromatic carbocycles. The van der Waals surface area contributed by atoms with Crippen molar-refractivity contribution >= 4 is 0 Å². The van der Waals surface area contributed by atoms with E-state index < -0.39 is 0 Å². The third-order valence-corrected chi connectivity index (χ3v) is 3.18. The van der Waals surface area contributed by atoms with E-state index >= 15 is 0 Å². The summed E-state index contributed by atoms with van der Waals surface area (Å²) >= 11 is 0. The summed E-state index contributed by atoms with van der Waals surface area (Å²) in [6, 6.07) is 12.3. The van der Waals surface area contributed by atoms with Crippen molar-refractivity contribution in [3.63, 3.8) is 0 Å². The number of hydrogen-bond donors (Lipinski definition) is 1. The smallest absolute Gasteiger partial charge is 0.120 e. The lowest BCUT2D eigenvalue weighted by molar-refractivity contribution is 0.242. The van der Waals surface area contributed by atoms with Crippen molar-refractivity contribution in [2.75, 3.05) is 7.05 Å². The van der Waals surface area contributed by atoms with Crippen LogP contribution in [0, 0.1) is 6.92 Å². The Hall–Kier alpha value is -1.87. The van der Waals surface area contributed by atoms with Crippen LogP contribution in [-0.2, 0) is 0 Å². The quantitative estimate of drug-likeness (QED) is 0.903. The van der Waals surface area contributed by atoms with Gasteiger partial charge in [-0.3, -0.25) is 4.98 Å². The highest BCUT2D eigenvalue weighted by molar-refractivity contribution is 5.36. The molecular formula is C17H22N2O. The van der Waals surface area contributed by atoms with Crippen LogP contribution in [0.15, 0.2) is 42.6 Å². The zero-order valence-corrected chi connectivity index (χ0v) is 12.6. The van der Waals surface area contributed by atoms with Gasteiger partial charge in [0.2, 0.25) is 0 Å². The second-order valence-electron chi connectivity index (χ2n) is 5.17. The largest absolute Gasteiger partial charge is 0.491 e. The van der Waals surface area contributed by atoms with Gasteiger partial charge in [-0.1, -0.05) is 18.2 Å². The van der Waals surface area contributed by atoms with Gasteiger partial charge in [-0.05, 0) is 57.1 Å². The van der Waals surface area contributed by atoms with Gasteiger partial charge in [0.15, 0.2) is 0 Å². The van der Waals surface area contributed by atoms with Crippen LogP contribution in [0.1, 0.15) is 36.7 Å². The Morgan fingerprint density at radius 1 is 1.15 bits per heavy atom. The lowest BCUT2D eigenvalue weighted by Gasteiger charge is -2.19. The van der Waals surface area contributed by atoms with Crippen LogP contribution >= 0.6 is 0 Å². The number of nitrogens with zero attached hydrogens (tertiary/aromatic N) is 1. The molecule has 1 aromatic heterocycles. The Labute approximate surface area is 121 Å². The monoisotopic (exact) mass is 270 g/mol. The molecule has 0 aliphatic rings. The predicted octanol–water partition coefficient (Wildman–Crippen LogP) is 3.49. The maximum Gasteiger partial charge on any atom is 0.120 e. The Balaban J connectivity index is 2.35. The summed E-state index contributed by atoms with van der Waals surface area (Å²) in [5.41, 5.74) is 3.39. The summed E-state index contributed by atoms with van der Waals surface area (Å²) < 4.78 is 5.77. The minimum atomic E-state index is 0.0758. The van der Waals surface area contributed by atoms with Gasteiger partial charge in [0.05, 0.1) is 17.8 Å². The van der Waals surface area contributed by atoms with E-state index in [0.29, 0.717) is 0 Å². The van der Waals surface area contributed by atoms with Crippen LogP contribution in [-0.4, -0.2) is 18.1 Å². The van der Waals surface area contributed by atoms with E-state index in [4.69, 9.17) is 4.74 Å². The molecule has 106 valence electrons. The van der Waals surface area contributed by atoms with Crippen molar-refractivity contribution in [3.8, 4) is 5.75 Å². The molecule has 0 saturated carbocycles. The van der Waals surface area contributed by atoms with E-state index in [1.807, 2.05) is 45.3 Å². The maximum atomic E-state index is 5.77. The van der Waals surface area contributed by atoms with E-state index in [9.17, 15) is 0 Å². The zero-order chi connectivity index (χ0) is 14.5. The fourth-order valence-corrected chi connectivity index (χ4v) is 2.30. The van der Waals surface area contributed by atoms with Crippen molar-refractivity contribution in [2.45, 2.75) is 32.9 Å². The van der Waals surface area contributed by atoms with E-state index in [1.165, 1.54) is 5.56 Å². The number of benzene rings is 1. The Morgan fingerprint density at radius 2 is 1.95 bits per heavy atom. The first kappa shape index (κ1) is 14.5. The Kier molecular flexibility index (Phi) is 4.74. The Morgan fingerprint density at radius 3 is 2.60 bits per heavy atom. The summed E-state index contributed by atoms with van der Waals surface area (Å²) in [5.74, 6) is 0.895. The molecular weight excluding hydrogens is 248 g/mol. The van der Waals surface area contributed by atoms with E-state index in [2.05, 4.69) is 35.4 Å². The van der Waals surface area contributed by atoms with Crippen LogP contribution in [0.3, 0.4) is 0 Å². The lowest BCUT2D eigenvalue weighted by atomic mass is 10.00. The first-order chi connectivity index (χ1) is 9.61. The van der Waals surface area contributed by atoms with Gasteiger partial charge in [-0.25, -0.2) is 0 Å². The summed E-state index contributed by atoms with van der Waals surface area (Å²) in [6.45, 7) is 6.15. The van der Waals surface area contributed by atoms with Gasteiger partial charge >= 0.3 is 0 Å². The van der Waals surface area contributed by atoms with Crippen molar-refractivity contribution in [1.82, 2.24) is 10.3 Å². The Bertz CT molecular complexity index is 566. The number of aryl methyl sites for hydroxylation is 1. The molecule has 0 fully saturated rings. The molecule has 1 heterocycles. The average Bonchev–Trinajstić information content (AvgIpc) is 2.41. The second-order valence-corrected chi connectivity index (χ2v) is 5.17. The third-order valence-electron chi connectivity index (χ3n) is 3.18. The molecule has 3 nitrogen and oxygen atoms in total. The van der Waals surface area contributed by atoms with Crippen molar-refractivity contribution in [3.05, 3.63) is 59.4 Å². The predicted molar refractivity (Wildman–Crippen MR) is 82.1 cm³/mol. The standard InChI is InChI=1S/C17H22N2O/c1-12(2)20-15-9-5-8-14(11-15)17(18-4)16-13(3)7-6-10-19-16/h5-12,17-18H,1-4H3. The first-order valence-corrected chi connectivity index (χ1v) is 6.97. The first-order valence-electron chi connectivity index (χ1n) is 6.97. The van der Waals surface area contributed by atoms with Crippen LogP contribution in [0.2, 0.25) is 0 Å². The molecule has 2 rings (SSSR count). The molecule has 0 aliphatic heterocycles. The van der Waals surface area contributed by atoms with Gasteiger partial charge in [0.25, 0.3) is 0 Å². The average molecular weight is 270 g/mol. The minimum Gasteiger partial charge on any atom is -0.491 e. The number of ether oxygens (including phenoxy) is 1. The zero-order valence-electron chi connectivity index (χ0n) is 12.6. The maximum absolute atomic E-state index is 5.77. The molecule has 20 heavy (non-hydrogen) atoms. The lowest BCUT2D eigenvalue weighted by Crippen LogP contribution is -2.20. The third kappa shape index (κ3) is 3.36. The summed E-state index contributed by atoms with van der Waals surface area (Å²) in [7, 11) is 1.95. The van der Waals surface area contributed by atoms with Gasteiger partial charge < -0.3 is 10.1 Å². The van der Waals surface area contributed by atoms with Gasteiger partial charge in [0, 0.05) is 6.20 Å². The summed E-state index contributed by atoms with van der Waals surface area (Å²) in [4.78, 5) is 4.51. The molecule has 1 N–H and O–H groups in total. The van der Waals surface area contributed by atoms with Crippen LogP contribution in [0.25, 0.3) is 0 Å². The topological polar surface area (TPSA) is 34.1 Å². The van der Waals surface area contributed by atoms with E-state index in [0.717, 1.165) is 17.0 Å². The number of hydrogen-bond acceptors (Lipinski definition) is 3. The molecule has 0 saturated heterocycles. The number of rotatable bonds is 5. The van der Waals surface area contributed by atoms with Gasteiger partial charge in [-0.15, -0.1) is 0 Å². The van der Waals surface area contributed by atoms with Crippen molar-refractivity contribution < 1.29 is 4.74 Å². The number of aromatic nitrogens is 1. The molecule has 1 atom stereocenters. The number of nitrogens with one attached hydrogen (secondary N) is 1. The van der Waals surface area contributed by atoms with Crippen molar-refractivity contribution in [1.29, 1.82) is 0 Å². The molecule has 0 bridgehead atoms. The normalized spacial score (nSPS) is 12.4. The number of pyridine rings is 1. The molecule has 0 amide bonds. The SMILES string of the molecule is CNC(c1cccc(OC(C)C)c1)c1ncccc1C. The van der Waals surface area contributed by atoms with Gasteiger partial charge in [-0.2, -0.15) is 0 Å². The highest BCUT2D eigenvalue weighted by atomic mass is 16.5.